The van der Waals surface area contributed by atoms with Crippen LogP contribution in [0, 0.1) is 23.2 Å². The monoisotopic (exact) mass is 491 g/mol. The van der Waals surface area contributed by atoms with Gasteiger partial charge < -0.3 is 26.6 Å². The molecular weight excluding hydrogens is 450 g/mol. The van der Waals surface area contributed by atoms with Crippen molar-refractivity contribution in [2.24, 2.45) is 28.9 Å². The predicted molar refractivity (Wildman–Crippen MR) is 130 cm³/mol. The summed E-state index contributed by atoms with van der Waals surface area (Å²) in [5.74, 6) is -2.40. The summed E-state index contributed by atoms with van der Waals surface area (Å²) in [5, 5.41) is 8.43. The Labute approximate surface area is 207 Å². The molecule has 196 valence electrons. The number of rotatable bonds is 10. The average Bonchev–Trinajstić information content (AvgIpc) is 3.68. The number of carbonyl (C=O) groups excluding carboxylic acids is 5. The van der Waals surface area contributed by atoms with E-state index < -0.39 is 47.2 Å². The Kier molecular flexibility index (Phi) is 8.11. The van der Waals surface area contributed by atoms with Gasteiger partial charge in [-0.25, -0.2) is 4.79 Å². The minimum Gasteiger partial charge on any atom is -0.363 e. The highest BCUT2D eigenvalue weighted by molar-refractivity contribution is 6.37. The number of Topliss-reactive ketones (excluding diaryl/α,β-unsaturated/α-hetero) is 1. The van der Waals surface area contributed by atoms with Crippen LogP contribution in [0.1, 0.15) is 73.1 Å². The van der Waals surface area contributed by atoms with Gasteiger partial charge in [0.2, 0.25) is 17.6 Å². The van der Waals surface area contributed by atoms with Crippen LogP contribution in [0.4, 0.5) is 4.79 Å². The van der Waals surface area contributed by atoms with Gasteiger partial charge >= 0.3 is 6.03 Å². The quantitative estimate of drug-likeness (QED) is 0.337. The van der Waals surface area contributed by atoms with Crippen LogP contribution in [0.2, 0.25) is 0 Å². The molecule has 0 aromatic carbocycles. The number of nitrogens with two attached hydrogens (primary N) is 1. The second-order valence-corrected chi connectivity index (χ2v) is 11.8. The fraction of sp³-hybridized carbons (Fsp3) is 0.800. The molecule has 10 heteroatoms. The number of hydrogen-bond acceptors (Lipinski definition) is 5. The highest BCUT2D eigenvalue weighted by Gasteiger charge is 2.48. The van der Waals surface area contributed by atoms with Crippen molar-refractivity contribution < 1.29 is 24.0 Å². The van der Waals surface area contributed by atoms with Crippen LogP contribution in [0.25, 0.3) is 0 Å². The van der Waals surface area contributed by atoms with Crippen molar-refractivity contribution in [1.29, 1.82) is 0 Å². The Morgan fingerprint density at radius 2 is 1.60 bits per heavy atom. The molecule has 0 aromatic rings. The van der Waals surface area contributed by atoms with Gasteiger partial charge in [0, 0.05) is 12.6 Å². The lowest BCUT2D eigenvalue weighted by Crippen LogP contribution is -2.61. The van der Waals surface area contributed by atoms with E-state index in [2.05, 4.69) is 16.0 Å². The topological polar surface area (TPSA) is 151 Å². The van der Waals surface area contributed by atoms with Crippen LogP contribution in [0.15, 0.2) is 0 Å². The number of nitrogens with zero attached hydrogens (tertiary/aromatic N) is 1. The minimum atomic E-state index is -1.07. The number of urea groups is 1. The summed E-state index contributed by atoms with van der Waals surface area (Å²) in [4.78, 5) is 65.4. The molecule has 0 radical (unpaired) electrons. The number of amides is 5. The molecule has 0 spiro atoms. The number of likely N-dealkylation sites (tertiary alicyclic amines) is 1. The highest BCUT2D eigenvalue weighted by atomic mass is 16.2. The van der Waals surface area contributed by atoms with Crippen LogP contribution in [0.5, 0.6) is 0 Å². The number of ketones is 1. The number of nitrogens with one attached hydrogen (secondary N) is 3. The minimum absolute atomic E-state index is 0.108. The molecule has 4 atom stereocenters. The zero-order valence-corrected chi connectivity index (χ0v) is 21.6. The van der Waals surface area contributed by atoms with E-state index >= 15 is 0 Å². The van der Waals surface area contributed by atoms with Gasteiger partial charge in [-0.3, -0.25) is 19.2 Å². The largest absolute Gasteiger partial charge is 0.363 e. The summed E-state index contributed by atoms with van der Waals surface area (Å²) < 4.78 is 0. The van der Waals surface area contributed by atoms with E-state index in [4.69, 9.17) is 5.73 Å². The molecule has 1 aliphatic heterocycles. The van der Waals surface area contributed by atoms with Gasteiger partial charge in [-0.1, -0.05) is 47.5 Å². The molecule has 0 bridgehead atoms. The normalized spacial score (nSPS) is 24.0. The standard InChI is InChI=1S/C25H41N5O5/c1-13(2)16-10-11-30(23(34)20(25(3,4)5)29-24(35)27-15-8-9-15)18(16)22(33)28-17(12-14-6-7-14)19(31)21(26)32/h13-18,20H,6-12H2,1-5H3,(H2,26,32)(H,28,33)(H2,27,29,35)/t16-,17?,18+,20-/m1/s1. The van der Waals surface area contributed by atoms with Gasteiger partial charge in [-0.05, 0) is 48.9 Å². The summed E-state index contributed by atoms with van der Waals surface area (Å²) in [6, 6.07) is -2.87. The summed E-state index contributed by atoms with van der Waals surface area (Å²) in [6.07, 6.45) is 4.75. The van der Waals surface area contributed by atoms with E-state index in [0.29, 0.717) is 19.4 Å². The van der Waals surface area contributed by atoms with Gasteiger partial charge in [-0.2, -0.15) is 0 Å². The smallest absolute Gasteiger partial charge is 0.315 e. The Balaban J connectivity index is 1.81. The van der Waals surface area contributed by atoms with E-state index in [9.17, 15) is 24.0 Å². The summed E-state index contributed by atoms with van der Waals surface area (Å²) in [6.45, 7) is 9.98. The lowest BCUT2D eigenvalue weighted by Gasteiger charge is -2.37. The molecular formula is C25H41N5O5. The number of primary amides is 1. The zero-order valence-electron chi connectivity index (χ0n) is 21.6. The van der Waals surface area contributed by atoms with Crippen molar-refractivity contribution in [3.05, 3.63) is 0 Å². The maximum atomic E-state index is 13.8. The fourth-order valence-corrected chi connectivity index (χ4v) is 4.84. The maximum absolute atomic E-state index is 13.8. The van der Waals surface area contributed by atoms with Crippen molar-refractivity contribution in [1.82, 2.24) is 20.9 Å². The molecule has 35 heavy (non-hydrogen) atoms. The maximum Gasteiger partial charge on any atom is 0.315 e. The van der Waals surface area contributed by atoms with Crippen LogP contribution in [0.3, 0.4) is 0 Å². The predicted octanol–water partition coefficient (Wildman–Crippen LogP) is 1.08. The molecule has 1 saturated heterocycles. The molecule has 5 amide bonds. The van der Waals surface area contributed by atoms with Crippen molar-refractivity contribution in [3.63, 3.8) is 0 Å². The zero-order chi connectivity index (χ0) is 26.1. The van der Waals surface area contributed by atoms with Crippen LogP contribution >= 0.6 is 0 Å². The number of hydrogen-bond donors (Lipinski definition) is 4. The molecule has 3 fully saturated rings. The van der Waals surface area contributed by atoms with Gasteiger partial charge in [0.1, 0.15) is 12.1 Å². The molecule has 3 rings (SSSR count). The van der Waals surface area contributed by atoms with Gasteiger partial charge in [0.15, 0.2) is 0 Å². The molecule has 3 aliphatic rings. The second-order valence-electron chi connectivity index (χ2n) is 11.8. The SMILES string of the molecule is CC(C)[C@H]1CCN(C(=O)[C@@H](NC(=O)NC2CC2)C(C)(C)C)[C@@H]1C(=O)NC(CC1CC1)C(=O)C(N)=O. The van der Waals surface area contributed by atoms with Gasteiger partial charge in [0.05, 0.1) is 6.04 Å². The molecule has 2 saturated carbocycles. The second kappa shape index (κ2) is 10.5. The Morgan fingerprint density at radius 1 is 0.971 bits per heavy atom. The summed E-state index contributed by atoms with van der Waals surface area (Å²) >= 11 is 0. The van der Waals surface area contributed by atoms with Crippen molar-refractivity contribution in [2.45, 2.75) is 97.3 Å². The van der Waals surface area contributed by atoms with Crippen LogP contribution < -0.4 is 21.7 Å². The molecule has 10 nitrogen and oxygen atoms in total. The lowest BCUT2D eigenvalue weighted by molar-refractivity contribution is -0.144. The Morgan fingerprint density at radius 3 is 2.09 bits per heavy atom. The van der Waals surface area contributed by atoms with Gasteiger partial charge in [-0.15, -0.1) is 0 Å². The van der Waals surface area contributed by atoms with Crippen molar-refractivity contribution in [2.75, 3.05) is 6.54 Å². The lowest BCUT2D eigenvalue weighted by atomic mass is 9.84. The first-order valence-electron chi connectivity index (χ1n) is 12.8. The molecule has 2 aliphatic carbocycles. The third-order valence-corrected chi connectivity index (χ3v) is 7.30. The first-order chi connectivity index (χ1) is 16.3. The molecule has 1 unspecified atom stereocenters. The Hall–Kier alpha value is -2.65. The number of carbonyl (C=O) groups is 5. The van der Waals surface area contributed by atoms with Gasteiger partial charge in [0.25, 0.3) is 5.91 Å². The third kappa shape index (κ3) is 6.95. The van der Waals surface area contributed by atoms with Crippen molar-refractivity contribution in [3.8, 4) is 0 Å². The van der Waals surface area contributed by atoms with Crippen LogP contribution in [-0.2, 0) is 19.2 Å². The van der Waals surface area contributed by atoms with E-state index in [-0.39, 0.29) is 29.7 Å². The molecule has 0 aromatic heterocycles. The van der Waals surface area contributed by atoms with E-state index in [1.54, 1.807) is 0 Å². The van der Waals surface area contributed by atoms with E-state index in [0.717, 1.165) is 25.7 Å². The Bertz CT molecular complexity index is 859. The van der Waals surface area contributed by atoms with Crippen molar-refractivity contribution >= 4 is 29.5 Å². The first kappa shape index (κ1) is 26.9. The van der Waals surface area contributed by atoms with E-state index in [1.807, 2.05) is 34.6 Å². The van der Waals surface area contributed by atoms with Crippen LogP contribution in [-0.4, -0.2) is 65.1 Å². The average molecular weight is 492 g/mol. The summed E-state index contributed by atoms with van der Waals surface area (Å²) in [7, 11) is 0. The fourth-order valence-electron chi connectivity index (χ4n) is 4.84. The van der Waals surface area contributed by atoms with E-state index in [1.165, 1.54) is 4.90 Å². The molecule has 1 heterocycles. The third-order valence-electron chi connectivity index (χ3n) is 7.30. The molecule has 5 N–H and O–H groups in total. The summed E-state index contributed by atoms with van der Waals surface area (Å²) in [5.41, 5.74) is 4.64. The first-order valence-corrected chi connectivity index (χ1v) is 12.8. The highest BCUT2D eigenvalue weighted by Crippen LogP contribution is 2.35.